The molecule has 0 aromatic heterocycles. The van der Waals surface area contributed by atoms with Gasteiger partial charge >= 0.3 is 6.18 Å². The maximum absolute atomic E-state index is 12.8. The fraction of sp³-hybridized carbons (Fsp3) is 0.300. The summed E-state index contributed by atoms with van der Waals surface area (Å²) in [6.45, 7) is 1.67. The molecule has 2 N–H and O–H groups in total. The highest BCUT2D eigenvalue weighted by Crippen LogP contribution is 2.47. The number of amides is 1. The van der Waals surface area contributed by atoms with Gasteiger partial charge in [-0.2, -0.15) is 13.2 Å². The first-order chi connectivity index (χ1) is 7.68. The van der Waals surface area contributed by atoms with Gasteiger partial charge in [0.1, 0.15) is 0 Å². The highest BCUT2D eigenvalue weighted by Gasteiger charge is 2.64. The first kappa shape index (κ1) is 12.4. The van der Waals surface area contributed by atoms with E-state index in [2.05, 4.69) is 15.9 Å². The van der Waals surface area contributed by atoms with Gasteiger partial charge in [-0.25, -0.2) is 0 Å². The summed E-state index contributed by atoms with van der Waals surface area (Å²) < 4.78 is 38.7. The molecule has 0 spiro atoms. The predicted molar refractivity (Wildman–Crippen MR) is 57.5 cm³/mol. The molecule has 0 unspecified atom stereocenters. The molecule has 17 heavy (non-hydrogen) atoms. The van der Waals surface area contributed by atoms with Crippen molar-refractivity contribution in [2.75, 3.05) is 5.32 Å². The third kappa shape index (κ3) is 1.56. The molecular formula is C10H7BrF3NO2. The molecule has 0 saturated carbocycles. The average Bonchev–Trinajstić information content (AvgIpc) is 2.42. The minimum atomic E-state index is -5.06. The molecular weight excluding hydrogens is 303 g/mol. The first-order valence-corrected chi connectivity index (χ1v) is 5.38. The van der Waals surface area contributed by atoms with Crippen LogP contribution in [0.15, 0.2) is 16.6 Å². The Morgan fingerprint density at radius 1 is 1.41 bits per heavy atom. The highest BCUT2D eigenvalue weighted by atomic mass is 79.9. The Morgan fingerprint density at radius 2 is 2.00 bits per heavy atom. The third-order valence-corrected chi connectivity index (χ3v) is 3.53. The van der Waals surface area contributed by atoms with Gasteiger partial charge in [0, 0.05) is 15.7 Å². The number of hydrogen-bond donors (Lipinski definition) is 2. The van der Waals surface area contributed by atoms with E-state index in [9.17, 15) is 23.1 Å². The molecule has 3 nitrogen and oxygen atoms in total. The van der Waals surface area contributed by atoms with Crippen LogP contribution in [-0.2, 0) is 10.4 Å². The highest BCUT2D eigenvalue weighted by molar-refractivity contribution is 9.10. The topological polar surface area (TPSA) is 49.3 Å². The Hall–Kier alpha value is -1.08. The van der Waals surface area contributed by atoms with Crippen molar-refractivity contribution in [2.24, 2.45) is 0 Å². The number of hydrogen-bond acceptors (Lipinski definition) is 2. The summed E-state index contributed by atoms with van der Waals surface area (Å²) in [6, 6.07) is 2.48. The van der Waals surface area contributed by atoms with Gasteiger partial charge in [-0.1, -0.05) is 15.9 Å². The predicted octanol–water partition coefficient (Wildman–Crippen LogP) is 2.46. The number of nitrogens with one attached hydrogen (secondary N) is 1. The Bertz CT molecular complexity index is 515. The number of carbonyl (C=O) groups is 1. The van der Waals surface area contributed by atoms with Gasteiger partial charge in [-0.15, -0.1) is 0 Å². The van der Waals surface area contributed by atoms with Crippen LogP contribution in [0.2, 0.25) is 0 Å². The van der Waals surface area contributed by atoms with Crippen LogP contribution in [0.4, 0.5) is 18.9 Å². The SMILES string of the molecule is Cc1cc2c(cc1Br)[C@](O)(C(F)(F)F)C(=O)N2. The standard InChI is InChI=1S/C10H7BrF3NO2/c1-4-2-7-5(3-6(4)11)9(17,8(16)15-7)10(12,13)14/h2-3,17H,1H3,(H,15,16)/t9-/m1/s1. The lowest BCUT2D eigenvalue weighted by molar-refractivity contribution is -0.252. The second-order valence-electron chi connectivity index (χ2n) is 3.81. The van der Waals surface area contributed by atoms with Crippen LogP contribution in [0, 0.1) is 6.92 Å². The van der Waals surface area contributed by atoms with Crippen LogP contribution < -0.4 is 5.32 Å². The second kappa shape index (κ2) is 3.46. The van der Waals surface area contributed by atoms with E-state index in [1.807, 2.05) is 5.32 Å². The van der Waals surface area contributed by atoms with Crippen molar-refractivity contribution in [1.29, 1.82) is 0 Å². The lowest BCUT2D eigenvalue weighted by atomic mass is 9.94. The van der Waals surface area contributed by atoms with Crippen molar-refractivity contribution >= 4 is 27.5 Å². The Kier molecular flexibility index (Phi) is 2.52. The van der Waals surface area contributed by atoms with Crippen LogP contribution in [0.1, 0.15) is 11.1 Å². The molecule has 1 aliphatic heterocycles. The van der Waals surface area contributed by atoms with E-state index in [-0.39, 0.29) is 5.69 Å². The quantitative estimate of drug-likeness (QED) is 0.773. The van der Waals surface area contributed by atoms with Gasteiger partial charge in [0.25, 0.3) is 11.5 Å². The van der Waals surface area contributed by atoms with Crippen LogP contribution in [-0.4, -0.2) is 17.2 Å². The molecule has 0 saturated heterocycles. The van der Waals surface area contributed by atoms with Crippen molar-refractivity contribution in [3.05, 3.63) is 27.7 Å². The summed E-state index contributed by atoms with van der Waals surface area (Å²) in [6.07, 6.45) is -5.06. The van der Waals surface area contributed by atoms with E-state index in [1.54, 1.807) is 6.92 Å². The molecule has 1 aromatic carbocycles. The number of fused-ring (bicyclic) bond motifs is 1. The molecule has 0 radical (unpaired) electrons. The fourth-order valence-electron chi connectivity index (χ4n) is 1.70. The number of halogens is 4. The van der Waals surface area contributed by atoms with Crippen molar-refractivity contribution < 1.29 is 23.1 Å². The number of rotatable bonds is 0. The molecule has 2 rings (SSSR count). The van der Waals surface area contributed by atoms with Crippen LogP contribution in [0.5, 0.6) is 0 Å². The Balaban J connectivity index is 2.70. The number of aryl methyl sites for hydroxylation is 1. The second-order valence-corrected chi connectivity index (χ2v) is 4.66. The summed E-state index contributed by atoms with van der Waals surface area (Å²) >= 11 is 3.07. The van der Waals surface area contributed by atoms with Gasteiger partial charge in [-0.05, 0) is 24.6 Å². The number of carbonyl (C=O) groups excluding carboxylic acids is 1. The van der Waals surface area contributed by atoms with Crippen molar-refractivity contribution in [1.82, 2.24) is 0 Å². The molecule has 0 aliphatic carbocycles. The summed E-state index contributed by atoms with van der Waals surface area (Å²) in [5.74, 6) is -1.47. The van der Waals surface area contributed by atoms with E-state index >= 15 is 0 Å². The lowest BCUT2D eigenvalue weighted by Gasteiger charge is -2.23. The maximum Gasteiger partial charge on any atom is 0.430 e. The minimum Gasteiger partial charge on any atom is -0.368 e. The summed E-state index contributed by atoms with van der Waals surface area (Å²) in [7, 11) is 0. The summed E-state index contributed by atoms with van der Waals surface area (Å²) in [4.78, 5) is 11.3. The third-order valence-electron chi connectivity index (χ3n) is 2.68. The first-order valence-electron chi connectivity index (χ1n) is 4.59. The van der Waals surface area contributed by atoms with Crippen LogP contribution in [0.3, 0.4) is 0 Å². The number of alkyl halides is 3. The van der Waals surface area contributed by atoms with E-state index in [1.165, 1.54) is 6.07 Å². The van der Waals surface area contributed by atoms with Crippen molar-refractivity contribution in [3.8, 4) is 0 Å². The molecule has 1 amide bonds. The van der Waals surface area contributed by atoms with Crippen molar-refractivity contribution in [2.45, 2.75) is 18.7 Å². The molecule has 0 fully saturated rings. The van der Waals surface area contributed by atoms with E-state index in [0.29, 0.717) is 10.0 Å². The Labute approximate surface area is 103 Å². The van der Waals surface area contributed by atoms with Crippen molar-refractivity contribution in [3.63, 3.8) is 0 Å². The number of aliphatic hydroxyl groups is 1. The van der Waals surface area contributed by atoms with Crippen LogP contribution >= 0.6 is 15.9 Å². The lowest BCUT2D eigenvalue weighted by Crippen LogP contribution is -2.47. The minimum absolute atomic E-state index is 0.0180. The molecule has 1 heterocycles. The van der Waals surface area contributed by atoms with E-state index in [0.717, 1.165) is 6.07 Å². The van der Waals surface area contributed by atoms with Gasteiger partial charge in [-0.3, -0.25) is 4.79 Å². The molecule has 92 valence electrons. The van der Waals surface area contributed by atoms with E-state index in [4.69, 9.17) is 0 Å². The van der Waals surface area contributed by atoms with Gasteiger partial charge in [0.2, 0.25) is 0 Å². The normalized spacial score (nSPS) is 23.5. The largest absolute Gasteiger partial charge is 0.430 e. The Morgan fingerprint density at radius 3 is 2.53 bits per heavy atom. The smallest absolute Gasteiger partial charge is 0.368 e. The summed E-state index contributed by atoms with van der Waals surface area (Å²) in [5.41, 5.74) is -3.31. The molecule has 1 atom stereocenters. The van der Waals surface area contributed by atoms with Gasteiger partial charge in [0.15, 0.2) is 0 Å². The summed E-state index contributed by atoms with van der Waals surface area (Å²) in [5, 5.41) is 11.6. The average molecular weight is 310 g/mol. The van der Waals surface area contributed by atoms with Gasteiger partial charge < -0.3 is 10.4 Å². The zero-order valence-corrected chi connectivity index (χ0v) is 10.1. The molecule has 1 aromatic rings. The molecule has 1 aliphatic rings. The van der Waals surface area contributed by atoms with Gasteiger partial charge in [0.05, 0.1) is 0 Å². The maximum atomic E-state index is 12.8. The number of anilines is 1. The zero-order chi connectivity index (χ0) is 13.0. The van der Waals surface area contributed by atoms with Crippen LogP contribution in [0.25, 0.3) is 0 Å². The monoisotopic (exact) mass is 309 g/mol. The zero-order valence-electron chi connectivity index (χ0n) is 8.52. The fourth-order valence-corrected chi connectivity index (χ4v) is 2.04. The van der Waals surface area contributed by atoms with E-state index < -0.39 is 23.2 Å². The molecule has 0 bridgehead atoms. The number of benzene rings is 1. The molecule has 7 heteroatoms.